The van der Waals surface area contributed by atoms with E-state index >= 15 is 0 Å². The largest absolute Gasteiger partial charge is 0.345 e. The molecule has 0 aliphatic heterocycles. The summed E-state index contributed by atoms with van der Waals surface area (Å²) < 4.78 is 0. The van der Waals surface area contributed by atoms with Gasteiger partial charge in [0.15, 0.2) is 0 Å². The summed E-state index contributed by atoms with van der Waals surface area (Å²) in [7, 11) is 2.03. The second-order valence-electron chi connectivity index (χ2n) is 4.44. The summed E-state index contributed by atoms with van der Waals surface area (Å²) in [5.41, 5.74) is 3.27. The van der Waals surface area contributed by atoms with Crippen molar-refractivity contribution in [3.8, 4) is 0 Å². The van der Waals surface area contributed by atoms with Crippen molar-refractivity contribution in [2.75, 3.05) is 13.6 Å². The van der Waals surface area contributed by atoms with E-state index in [0.717, 1.165) is 24.1 Å². The van der Waals surface area contributed by atoms with E-state index in [1.165, 1.54) is 5.56 Å². The normalized spacial score (nSPS) is 11.2. The van der Waals surface area contributed by atoms with Crippen molar-refractivity contribution < 1.29 is 4.79 Å². The van der Waals surface area contributed by atoms with E-state index in [2.05, 4.69) is 27.0 Å². The number of Topliss-reactive ketones (excluding diaryl/α,β-unsaturated/α-hetero) is 1. The molecule has 4 heteroatoms. The molecule has 2 rings (SSSR count). The lowest BCUT2D eigenvalue weighted by molar-refractivity contribution is -0.117. The Kier molecular flexibility index (Phi) is 3.54. The number of ketones is 1. The molecule has 0 radical (unpaired) electrons. The van der Waals surface area contributed by atoms with Crippen LogP contribution in [0.15, 0.2) is 24.5 Å². The Bertz CT molecular complexity index is 518. The lowest BCUT2D eigenvalue weighted by Crippen LogP contribution is -2.20. The summed E-state index contributed by atoms with van der Waals surface area (Å²) in [5, 5.41) is 0. The molecule has 4 nitrogen and oxygen atoms in total. The molecule has 0 bridgehead atoms. The number of rotatable bonds is 5. The van der Waals surface area contributed by atoms with Crippen LogP contribution in [0.2, 0.25) is 0 Å². The number of fused-ring (bicyclic) bond motifs is 1. The summed E-state index contributed by atoms with van der Waals surface area (Å²) in [6, 6.07) is 6.19. The first-order chi connectivity index (χ1) is 8.15. The molecule has 2 aromatic rings. The molecule has 1 heterocycles. The SMILES string of the molecule is CC(=O)CCN(C)Cc1ccc2nc[nH]c2c1. The summed E-state index contributed by atoms with van der Waals surface area (Å²) in [6.07, 6.45) is 2.32. The molecule has 0 atom stereocenters. The third-order valence-electron chi connectivity index (χ3n) is 2.78. The minimum atomic E-state index is 0.237. The monoisotopic (exact) mass is 231 g/mol. The van der Waals surface area contributed by atoms with Crippen LogP contribution in [0, 0.1) is 0 Å². The van der Waals surface area contributed by atoms with Crippen molar-refractivity contribution >= 4 is 16.8 Å². The van der Waals surface area contributed by atoms with Gasteiger partial charge in [0.1, 0.15) is 5.78 Å². The highest BCUT2D eigenvalue weighted by molar-refractivity contribution is 5.75. The van der Waals surface area contributed by atoms with E-state index in [9.17, 15) is 4.79 Å². The fraction of sp³-hybridized carbons (Fsp3) is 0.385. The highest BCUT2D eigenvalue weighted by Crippen LogP contribution is 2.12. The maximum absolute atomic E-state index is 10.9. The number of nitrogens with one attached hydrogen (secondary N) is 1. The Morgan fingerprint density at radius 2 is 2.29 bits per heavy atom. The van der Waals surface area contributed by atoms with Crippen LogP contribution >= 0.6 is 0 Å². The van der Waals surface area contributed by atoms with Crippen molar-refractivity contribution in [2.45, 2.75) is 19.9 Å². The van der Waals surface area contributed by atoms with Gasteiger partial charge in [-0.3, -0.25) is 4.79 Å². The molecule has 1 N–H and O–H groups in total. The maximum Gasteiger partial charge on any atom is 0.131 e. The van der Waals surface area contributed by atoms with Crippen molar-refractivity contribution in [3.63, 3.8) is 0 Å². The Balaban J connectivity index is 1.99. The molecule has 17 heavy (non-hydrogen) atoms. The van der Waals surface area contributed by atoms with Gasteiger partial charge in [-0.25, -0.2) is 4.98 Å². The highest BCUT2D eigenvalue weighted by atomic mass is 16.1. The quantitative estimate of drug-likeness (QED) is 0.856. The van der Waals surface area contributed by atoms with Gasteiger partial charge >= 0.3 is 0 Å². The van der Waals surface area contributed by atoms with Gasteiger partial charge in [-0.1, -0.05) is 6.07 Å². The lowest BCUT2D eigenvalue weighted by Gasteiger charge is -2.15. The zero-order valence-electron chi connectivity index (χ0n) is 10.2. The van der Waals surface area contributed by atoms with Gasteiger partial charge in [0.2, 0.25) is 0 Å². The molecule has 90 valence electrons. The summed E-state index contributed by atoms with van der Waals surface area (Å²) in [4.78, 5) is 20.3. The van der Waals surface area contributed by atoms with E-state index in [0.29, 0.717) is 6.42 Å². The van der Waals surface area contributed by atoms with Gasteiger partial charge < -0.3 is 9.88 Å². The van der Waals surface area contributed by atoms with Crippen LogP contribution in [0.4, 0.5) is 0 Å². The summed E-state index contributed by atoms with van der Waals surface area (Å²) in [5.74, 6) is 0.237. The Hall–Kier alpha value is -1.68. The Morgan fingerprint density at radius 3 is 3.06 bits per heavy atom. The van der Waals surface area contributed by atoms with Gasteiger partial charge in [-0.05, 0) is 31.7 Å². The Labute approximate surface area is 101 Å². The third kappa shape index (κ3) is 3.14. The van der Waals surface area contributed by atoms with Crippen LogP contribution in [0.5, 0.6) is 0 Å². The number of aromatic amines is 1. The Morgan fingerprint density at radius 1 is 1.47 bits per heavy atom. The number of aromatic nitrogens is 2. The molecule has 0 saturated heterocycles. The molecular formula is C13H17N3O. The first-order valence-corrected chi connectivity index (χ1v) is 5.75. The van der Waals surface area contributed by atoms with E-state index in [-0.39, 0.29) is 5.78 Å². The van der Waals surface area contributed by atoms with Crippen LogP contribution < -0.4 is 0 Å². The van der Waals surface area contributed by atoms with Crippen LogP contribution in [-0.4, -0.2) is 34.2 Å². The van der Waals surface area contributed by atoms with E-state index in [4.69, 9.17) is 0 Å². The van der Waals surface area contributed by atoms with Crippen LogP contribution in [0.1, 0.15) is 18.9 Å². The molecule has 0 spiro atoms. The second-order valence-corrected chi connectivity index (χ2v) is 4.44. The molecule has 0 amide bonds. The number of hydrogen-bond acceptors (Lipinski definition) is 3. The molecule has 0 fully saturated rings. The van der Waals surface area contributed by atoms with Crippen molar-refractivity contribution in [3.05, 3.63) is 30.1 Å². The zero-order chi connectivity index (χ0) is 12.3. The van der Waals surface area contributed by atoms with E-state index < -0.39 is 0 Å². The molecule has 0 aliphatic carbocycles. The molecule has 1 aromatic heterocycles. The number of imidazole rings is 1. The molecule has 1 aromatic carbocycles. The van der Waals surface area contributed by atoms with Crippen LogP contribution in [0.3, 0.4) is 0 Å². The number of hydrogen-bond donors (Lipinski definition) is 1. The zero-order valence-corrected chi connectivity index (χ0v) is 10.2. The smallest absolute Gasteiger partial charge is 0.131 e. The topological polar surface area (TPSA) is 49.0 Å². The number of nitrogens with zero attached hydrogens (tertiary/aromatic N) is 2. The second kappa shape index (κ2) is 5.10. The predicted octanol–water partition coefficient (Wildman–Crippen LogP) is 1.97. The molecule has 0 aliphatic rings. The minimum Gasteiger partial charge on any atom is -0.345 e. The number of H-pyrrole nitrogens is 1. The van der Waals surface area contributed by atoms with Crippen LogP contribution in [-0.2, 0) is 11.3 Å². The lowest BCUT2D eigenvalue weighted by atomic mass is 10.2. The van der Waals surface area contributed by atoms with Crippen molar-refractivity contribution in [1.82, 2.24) is 14.9 Å². The minimum absolute atomic E-state index is 0.237. The number of carbonyl (C=O) groups excluding carboxylic acids is 1. The maximum atomic E-state index is 10.9. The fourth-order valence-electron chi connectivity index (χ4n) is 1.82. The highest BCUT2D eigenvalue weighted by Gasteiger charge is 2.03. The van der Waals surface area contributed by atoms with Crippen molar-refractivity contribution in [1.29, 1.82) is 0 Å². The first-order valence-electron chi connectivity index (χ1n) is 5.75. The molecular weight excluding hydrogens is 214 g/mol. The number of benzene rings is 1. The van der Waals surface area contributed by atoms with Gasteiger partial charge in [0, 0.05) is 19.5 Å². The van der Waals surface area contributed by atoms with Crippen molar-refractivity contribution in [2.24, 2.45) is 0 Å². The van der Waals surface area contributed by atoms with E-state index in [1.54, 1.807) is 13.3 Å². The molecule has 0 saturated carbocycles. The standard InChI is InChI=1S/C13H17N3O/c1-10(17)5-6-16(2)8-11-3-4-12-13(7-11)15-9-14-12/h3-4,7,9H,5-6,8H2,1-2H3,(H,14,15). The van der Waals surface area contributed by atoms with E-state index in [1.807, 2.05) is 13.1 Å². The third-order valence-corrected chi connectivity index (χ3v) is 2.78. The average Bonchev–Trinajstić information content (AvgIpc) is 2.73. The first kappa shape index (κ1) is 11.8. The molecule has 0 unspecified atom stereocenters. The van der Waals surface area contributed by atoms with Gasteiger partial charge in [-0.15, -0.1) is 0 Å². The van der Waals surface area contributed by atoms with Gasteiger partial charge in [0.25, 0.3) is 0 Å². The predicted molar refractivity (Wildman–Crippen MR) is 67.7 cm³/mol. The average molecular weight is 231 g/mol. The van der Waals surface area contributed by atoms with Gasteiger partial charge in [-0.2, -0.15) is 0 Å². The van der Waals surface area contributed by atoms with Crippen LogP contribution in [0.25, 0.3) is 11.0 Å². The fourth-order valence-corrected chi connectivity index (χ4v) is 1.82. The summed E-state index contributed by atoms with van der Waals surface area (Å²) >= 11 is 0. The van der Waals surface area contributed by atoms with Gasteiger partial charge in [0.05, 0.1) is 17.4 Å². The summed E-state index contributed by atoms with van der Waals surface area (Å²) in [6.45, 7) is 3.28. The number of carbonyl (C=O) groups is 1.